The van der Waals surface area contributed by atoms with Crippen LogP contribution in [0.5, 0.6) is 5.75 Å². The number of rotatable bonds is 8. The SMILES string of the molecule is CCCNC(=O)[C@H](C)NC(=O)COc1ccccc1C=O. The summed E-state index contributed by atoms with van der Waals surface area (Å²) in [7, 11) is 0. The topological polar surface area (TPSA) is 84.5 Å². The fourth-order valence-electron chi connectivity index (χ4n) is 1.60. The van der Waals surface area contributed by atoms with Gasteiger partial charge in [0.05, 0.1) is 5.56 Å². The van der Waals surface area contributed by atoms with Crippen LogP contribution in [0, 0.1) is 0 Å². The van der Waals surface area contributed by atoms with Gasteiger partial charge in [-0.25, -0.2) is 0 Å². The van der Waals surface area contributed by atoms with E-state index in [1.54, 1.807) is 31.2 Å². The average Bonchev–Trinajstić information content (AvgIpc) is 2.50. The van der Waals surface area contributed by atoms with E-state index >= 15 is 0 Å². The Morgan fingerprint density at radius 2 is 2.05 bits per heavy atom. The van der Waals surface area contributed by atoms with Crippen molar-refractivity contribution in [2.45, 2.75) is 26.3 Å². The third kappa shape index (κ3) is 5.64. The van der Waals surface area contributed by atoms with Gasteiger partial charge in [0.15, 0.2) is 12.9 Å². The lowest BCUT2D eigenvalue weighted by Crippen LogP contribution is -2.46. The van der Waals surface area contributed by atoms with Crippen molar-refractivity contribution < 1.29 is 19.1 Å². The molecular formula is C15H20N2O4. The average molecular weight is 292 g/mol. The van der Waals surface area contributed by atoms with Crippen LogP contribution in [0.25, 0.3) is 0 Å². The standard InChI is InChI=1S/C15H20N2O4/c1-3-8-16-15(20)11(2)17-14(19)10-21-13-7-5-4-6-12(13)9-18/h4-7,9,11H,3,8,10H2,1-2H3,(H,16,20)(H,17,19)/t11-/m0/s1. The summed E-state index contributed by atoms with van der Waals surface area (Å²) < 4.78 is 5.28. The smallest absolute Gasteiger partial charge is 0.258 e. The number of aldehydes is 1. The van der Waals surface area contributed by atoms with Crippen LogP contribution in [0.15, 0.2) is 24.3 Å². The van der Waals surface area contributed by atoms with Gasteiger partial charge in [-0.1, -0.05) is 19.1 Å². The highest BCUT2D eigenvalue weighted by Crippen LogP contribution is 2.15. The fourth-order valence-corrected chi connectivity index (χ4v) is 1.60. The molecule has 6 nitrogen and oxygen atoms in total. The van der Waals surface area contributed by atoms with E-state index in [2.05, 4.69) is 10.6 Å². The summed E-state index contributed by atoms with van der Waals surface area (Å²) in [6.07, 6.45) is 1.49. The fraction of sp³-hybridized carbons (Fsp3) is 0.400. The van der Waals surface area contributed by atoms with Crippen molar-refractivity contribution in [3.8, 4) is 5.75 Å². The highest BCUT2D eigenvalue weighted by atomic mass is 16.5. The molecule has 0 bridgehead atoms. The second kappa shape index (κ2) is 8.73. The molecule has 6 heteroatoms. The maximum Gasteiger partial charge on any atom is 0.258 e. The Morgan fingerprint density at radius 3 is 2.71 bits per heavy atom. The summed E-state index contributed by atoms with van der Waals surface area (Å²) in [4.78, 5) is 34.1. The molecule has 2 N–H and O–H groups in total. The predicted octanol–water partition coefficient (Wildman–Crippen LogP) is 0.909. The summed E-state index contributed by atoms with van der Waals surface area (Å²) in [5.74, 6) is -0.320. The lowest BCUT2D eigenvalue weighted by molar-refractivity contribution is -0.129. The zero-order chi connectivity index (χ0) is 15.7. The molecule has 2 amide bonds. The molecule has 21 heavy (non-hydrogen) atoms. The highest BCUT2D eigenvalue weighted by Gasteiger charge is 2.15. The molecule has 0 unspecified atom stereocenters. The third-order valence-corrected chi connectivity index (χ3v) is 2.72. The second-order valence-corrected chi connectivity index (χ2v) is 4.52. The number of hydrogen-bond acceptors (Lipinski definition) is 4. The van der Waals surface area contributed by atoms with Crippen molar-refractivity contribution in [3.05, 3.63) is 29.8 Å². The van der Waals surface area contributed by atoms with Crippen LogP contribution in [0.1, 0.15) is 30.6 Å². The largest absolute Gasteiger partial charge is 0.483 e. The van der Waals surface area contributed by atoms with E-state index in [9.17, 15) is 14.4 Å². The number of para-hydroxylation sites is 1. The van der Waals surface area contributed by atoms with Gasteiger partial charge < -0.3 is 15.4 Å². The molecule has 0 spiro atoms. The van der Waals surface area contributed by atoms with Crippen molar-refractivity contribution in [1.82, 2.24) is 10.6 Å². The van der Waals surface area contributed by atoms with Gasteiger partial charge in [0.2, 0.25) is 5.91 Å². The Balaban J connectivity index is 2.43. The van der Waals surface area contributed by atoms with Gasteiger partial charge in [-0.3, -0.25) is 14.4 Å². The van der Waals surface area contributed by atoms with Crippen LogP contribution in [0.4, 0.5) is 0 Å². The maximum absolute atomic E-state index is 11.7. The Morgan fingerprint density at radius 1 is 1.33 bits per heavy atom. The van der Waals surface area contributed by atoms with Crippen molar-refractivity contribution in [1.29, 1.82) is 0 Å². The van der Waals surface area contributed by atoms with E-state index in [1.807, 2.05) is 6.92 Å². The molecule has 1 aromatic rings. The Bertz CT molecular complexity index is 502. The van der Waals surface area contributed by atoms with E-state index in [-0.39, 0.29) is 12.5 Å². The van der Waals surface area contributed by atoms with Crippen LogP contribution >= 0.6 is 0 Å². The number of nitrogens with one attached hydrogen (secondary N) is 2. The Kier molecular flexibility index (Phi) is 6.94. The normalized spacial score (nSPS) is 11.3. The van der Waals surface area contributed by atoms with E-state index in [0.717, 1.165) is 6.42 Å². The number of carbonyl (C=O) groups excluding carboxylic acids is 3. The van der Waals surface area contributed by atoms with Crippen LogP contribution in [-0.4, -0.2) is 37.3 Å². The highest BCUT2D eigenvalue weighted by molar-refractivity contribution is 5.88. The van der Waals surface area contributed by atoms with E-state index in [0.29, 0.717) is 24.1 Å². The van der Waals surface area contributed by atoms with Gasteiger partial charge in [0.25, 0.3) is 5.91 Å². The summed E-state index contributed by atoms with van der Waals surface area (Å²) in [5.41, 5.74) is 0.374. The Labute approximate surface area is 123 Å². The lowest BCUT2D eigenvalue weighted by atomic mass is 10.2. The van der Waals surface area contributed by atoms with Crippen molar-refractivity contribution in [3.63, 3.8) is 0 Å². The summed E-state index contributed by atoms with van der Waals surface area (Å²) in [5, 5.41) is 5.22. The first-order valence-corrected chi connectivity index (χ1v) is 6.82. The van der Waals surface area contributed by atoms with Crippen molar-refractivity contribution >= 4 is 18.1 Å². The molecule has 0 radical (unpaired) electrons. The predicted molar refractivity (Wildman–Crippen MR) is 78.2 cm³/mol. The van der Waals surface area contributed by atoms with Gasteiger partial charge >= 0.3 is 0 Å². The van der Waals surface area contributed by atoms with E-state index < -0.39 is 11.9 Å². The van der Waals surface area contributed by atoms with Gasteiger partial charge in [-0.15, -0.1) is 0 Å². The van der Waals surface area contributed by atoms with Gasteiger partial charge in [0.1, 0.15) is 11.8 Å². The van der Waals surface area contributed by atoms with Crippen LogP contribution in [0.3, 0.4) is 0 Å². The molecule has 1 atom stereocenters. The first kappa shape index (κ1) is 16.7. The minimum absolute atomic E-state index is 0.238. The monoisotopic (exact) mass is 292 g/mol. The molecular weight excluding hydrogens is 272 g/mol. The molecule has 0 heterocycles. The number of ether oxygens (including phenoxy) is 1. The molecule has 0 aliphatic heterocycles. The zero-order valence-electron chi connectivity index (χ0n) is 12.2. The first-order chi connectivity index (χ1) is 10.1. The van der Waals surface area contributed by atoms with Crippen LogP contribution < -0.4 is 15.4 Å². The van der Waals surface area contributed by atoms with Gasteiger partial charge in [-0.2, -0.15) is 0 Å². The number of amides is 2. The summed E-state index contributed by atoms with van der Waals surface area (Å²) in [6.45, 7) is 3.86. The molecule has 0 aliphatic carbocycles. The molecule has 0 aromatic heterocycles. The number of hydrogen-bond donors (Lipinski definition) is 2. The summed E-state index contributed by atoms with van der Waals surface area (Å²) >= 11 is 0. The number of benzene rings is 1. The van der Waals surface area contributed by atoms with E-state index in [4.69, 9.17) is 4.74 Å². The third-order valence-electron chi connectivity index (χ3n) is 2.72. The van der Waals surface area contributed by atoms with E-state index in [1.165, 1.54) is 0 Å². The minimum atomic E-state index is -0.631. The second-order valence-electron chi connectivity index (χ2n) is 4.52. The molecule has 0 aliphatic rings. The molecule has 0 fully saturated rings. The van der Waals surface area contributed by atoms with Gasteiger partial charge in [0, 0.05) is 6.54 Å². The zero-order valence-corrected chi connectivity index (χ0v) is 12.2. The minimum Gasteiger partial charge on any atom is -0.483 e. The van der Waals surface area contributed by atoms with Gasteiger partial charge in [-0.05, 0) is 25.5 Å². The van der Waals surface area contributed by atoms with Crippen molar-refractivity contribution in [2.75, 3.05) is 13.2 Å². The molecule has 1 rings (SSSR count). The molecule has 1 aromatic carbocycles. The Hall–Kier alpha value is -2.37. The number of carbonyl (C=O) groups is 3. The first-order valence-electron chi connectivity index (χ1n) is 6.82. The quantitative estimate of drug-likeness (QED) is 0.697. The molecule has 0 saturated heterocycles. The lowest BCUT2D eigenvalue weighted by Gasteiger charge is -2.14. The van der Waals surface area contributed by atoms with Crippen LogP contribution in [-0.2, 0) is 9.59 Å². The van der Waals surface area contributed by atoms with Crippen molar-refractivity contribution in [2.24, 2.45) is 0 Å². The molecule has 114 valence electrons. The van der Waals surface area contributed by atoms with Crippen LogP contribution in [0.2, 0.25) is 0 Å². The summed E-state index contributed by atoms with van der Waals surface area (Å²) in [6, 6.07) is 5.99. The maximum atomic E-state index is 11.7. The molecule has 0 saturated carbocycles.